The van der Waals surface area contributed by atoms with E-state index in [1.165, 1.54) is 17.9 Å². The number of hydrogen-bond acceptors (Lipinski definition) is 5. The molecule has 1 aromatic heterocycles. The largest absolute Gasteiger partial charge is 0.416 e. The van der Waals surface area contributed by atoms with Crippen molar-refractivity contribution in [3.05, 3.63) is 76.4 Å². The van der Waals surface area contributed by atoms with Gasteiger partial charge < -0.3 is 9.47 Å². The zero-order valence-electron chi connectivity index (χ0n) is 23.8. The summed E-state index contributed by atoms with van der Waals surface area (Å²) in [6.07, 6.45) is -1.73. The number of halogens is 5. The Morgan fingerprint density at radius 2 is 1.93 bits per heavy atom. The van der Waals surface area contributed by atoms with Crippen molar-refractivity contribution in [1.82, 2.24) is 19.7 Å². The second kappa shape index (κ2) is 10.4. The Hall–Kier alpha value is -3.85. The number of carbonyl (C=O) groups is 1. The lowest BCUT2D eigenvalue weighted by atomic mass is 9.57. The summed E-state index contributed by atoms with van der Waals surface area (Å²) in [5.41, 5.74) is 0.0586. The summed E-state index contributed by atoms with van der Waals surface area (Å²) in [4.78, 5) is 16.8. The Morgan fingerprint density at radius 3 is 2.58 bits per heavy atom. The molecule has 2 fully saturated rings. The first-order valence-electron chi connectivity index (χ1n) is 14.3. The van der Waals surface area contributed by atoms with Crippen molar-refractivity contribution in [2.75, 3.05) is 18.0 Å². The number of anilines is 1. The first-order valence-corrected chi connectivity index (χ1v) is 14.3. The van der Waals surface area contributed by atoms with Crippen LogP contribution in [-0.4, -0.2) is 44.6 Å². The van der Waals surface area contributed by atoms with Crippen molar-refractivity contribution < 1.29 is 26.7 Å². The van der Waals surface area contributed by atoms with E-state index < -0.39 is 34.9 Å². The average Bonchev–Trinajstić information content (AvgIpc) is 3.50. The van der Waals surface area contributed by atoms with E-state index in [-0.39, 0.29) is 55.2 Å². The zero-order chi connectivity index (χ0) is 30.7. The van der Waals surface area contributed by atoms with Crippen LogP contribution in [0.15, 0.2) is 42.7 Å². The van der Waals surface area contributed by atoms with E-state index in [1.807, 2.05) is 23.7 Å². The highest BCUT2D eigenvalue weighted by Crippen LogP contribution is 2.53. The lowest BCUT2D eigenvalue weighted by Gasteiger charge is -2.46. The average molecular weight is 599 g/mol. The zero-order valence-corrected chi connectivity index (χ0v) is 23.8. The number of piperidine rings is 1. The van der Waals surface area contributed by atoms with Gasteiger partial charge in [-0.2, -0.15) is 18.4 Å². The van der Waals surface area contributed by atoms with Crippen LogP contribution in [0.25, 0.3) is 0 Å². The minimum atomic E-state index is -4.70. The van der Waals surface area contributed by atoms with Crippen LogP contribution < -0.4 is 4.90 Å². The summed E-state index contributed by atoms with van der Waals surface area (Å²) in [5, 5.41) is 17.6. The smallest absolute Gasteiger partial charge is 0.320 e. The van der Waals surface area contributed by atoms with E-state index in [9.17, 15) is 32.0 Å². The van der Waals surface area contributed by atoms with Crippen LogP contribution in [-0.2, 0) is 31.7 Å². The first-order chi connectivity index (χ1) is 20.3. The van der Waals surface area contributed by atoms with Crippen LogP contribution in [0.3, 0.4) is 0 Å². The molecule has 3 aromatic rings. The van der Waals surface area contributed by atoms with Crippen LogP contribution >= 0.6 is 0 Å². The van der Waals surface area contributed by atoms with Crippen molar-refractivity contribution in [2.24, 2.45) is 18.9 Å². The van der Waals surface area contributed by atoms with Gasteiger partial charge in [0.15, 0.2) is 0 Å². The van der Waals surface area contributed by atoms with Gasteiger partial charge >= 0.3 is 6.18 Å². The molecule has 2 aromatic carbocycles. The normalized spacial score (nSPS) is 25.3. The maximum absolute atomic E-state index is 14.3. The molecule has 1 atom stereocenters. The Balaban J connectivity index is 1.32. The second-order valence-corrected chi connectivity index (χ2v) is 12.2. The molecule has 1 aliphatic carbocycles. The number of rotatable bonds is 6. The molecule has 0 radical (unpaired) electrons. The number of aryl methyl sites for hydroxylation is 1. The van der Waals surface area contributed by atoms with Gasteiger partial charge in [-0.25, -0.2) is 8.78 Å². The lowest BCUT2D eigenvalue weighted by Crippen LogP contribution is -2.45. The summed E-state index contributed by atoms with van der Waals surface area (Å²) < 4.78 is 72.8. The molecule has 3 aliphatic rings. The predicted molar refractivity (Wildman–Crippen MR) is 147 cm³/mol. The molecule has 6 rings (SSSR count). The molecule has 7 nitrogen and oxygen atoms in total. The monoisotopic (exact) mass is 598 g/mol. The summed E-state index contributed by atoms with van der Waals surface area (Å²) in [6.45, 7) is 1.36. The predicted octanol–water partition coefficient (Wildman–Crippen LogP) is 6.08. The van der Waals surface area contributed by atoms with Crippen molar-refractivity contribution in [3.8, 4) is 6.07 Å². The van der Waals surface area contributed by atoms with Gasteiger partial charge in [0.25, 0.3) is 11.8 Å². The fourth-order valence-corrected chi connectivity index (χ4v) is 7.02. The number of fused-ring (bicyclic) bond motifs is 1. The molecule has 0 bridgehead atoms. The summed E-state index contributed by atoms with van der Waals surface area (Å²) in [5.74, 6) is -3.37. The fourth-order valence-electron chi connectivity index (χ4n) is 7.02. The third-order valence-corrected chi connectivity index (χ3v) is 9.33. The SMILES string of the molecule is CC1CN(Cc2cc3c(c(C(F)(F)F)c2)CN(c2cccc(C4(c5nncn5C)CC(CC#N)C4)c2)C3=O)CCC1(F)F. The molecule has 0 spiro atoms. The number of hydrogen-bond donors (Lipinski definition) is 0. The maximum Gasteiger partial charge on any atom is 0.416 e. The van der Waals surface area contributed by atoms with Crippen molar-refractivity contribution in [3.63, 3.8) is 0 Å². The Kier molecular flexibility index (Phi) is 7.07. The number of likely N-dealkylation sites (tertiary alicyclic amines) is 1. The maximum atomic E-state index is 14.3. The minimum absolute atomic E-state index is 0.0219. The molecular weight excluding hydrogens is 567 g/mol. The van der Waals surface area contributed by atoms with E-state index >= 15 is 0 Å². The number of carbonyl (C=O) groups excluding carboxylic acids is 1. The van der Waals surface area contributed by atoms with E-state index in [4.69, 9.17) is 0 Å². The second-order valence-electron chi connectivity index (χ2n) is 12.2. The Morgan fingerprint density at radius 1 is 1.16 bits per heavy atom. The standard InChI is InChI=1S/C31H31F5N6O/c1-19-15-41(9-7-30(19,32)33)16-21-10-24-25(26(11-21)31(34,35)36)17-42(27(24)43)23-5-3-4-22(12-23)29(13-20(14-29)6-8-37)28-39-38-18-40(28)2/h3-5,10-12,18-20H,6-7,9,13-17H2,1-2H3. The van der Waals surface area contributed by atoms with Crippen molar-refractivity contribution >= 4 is 11.6 Å². The van der Waals surface area contributed by atoms with Crippen LogP contribution in [0.1, 0.15) is 71.0 Å². The number of benzene rings is 2. The van der Waals surface area contributed by atoms with E-state index in [2.05, 4.69) is 16.3 Å². The van der Waals surface area contributed by atoms with Gasteiger partial charge in [0.1, 0.15) is 12.2 Å². The quantitative estimate of drug-likeness (QED) is 0.322. The van der Waals surface area contributed by atoms with Crippen LogP contribution in [0.4, 0.5) is 27.6 Å². The van der Waals surface area contributed by atoms with E-state index in [1.54, 1.807) is 23.4 Å². The molecule has 12 heteroatoms. The molecule has 1 saturated heterocycles. The molecule has 1 saturated carbocycles. The van der Waals surface area contributed by atoms with Crippen LogP contribution in [0.5, 0.6) is 0 Å². The lowest BCUT2D eigenvalue weighted by molar-refractivity contribution is -0.138. The summed E-state index contributed by atoms with van der Waals surface area (Å²) >= 11 is 0. The fraction of sp³-hybridized carbons (Fsp3) is 0.484. The van der Waals surface area contributed by atoms with Gasteiger partial charge in [-0.1, -0.05) is 19.1 Å². The highest BCUT2D eigenvalue weighted by molar-refractivity contribution is 6.10. The molecule has 1 amide bonds. The number of nitrogens with zero attached hydrogens (tertiary/aromatic N) is 6. The number of alkyl halides is 5. The van der Waals surface area contributed by atoms with Gasteiger partial charge in [0.2, 0.25) is 0 Å². The first kappa shape index (κ1) is 29.2. The third-order valence-electron chi connectivity index (χ3n) is 9.33. The summed E-state index contributed by atoms with van der Waals surface area (Å²) in [6, 6.07) is 12.0. The van der Waals surface area contributed by atoms with Gasteiger partial charge in [-0.05, 0) is 59.7 Å². The van der Waals surface area contributed by atoms with Crippen molar-refractivity contribution in [2.45, 2.75) is 63.2 Å². The topological polar surface area (TPSA) is 78.1 Å². The van der Waals surface area contributed by atoms with Crippen LogP contribution in [0.2, 0.25) is 0 Å². The number of nitriles is 1. The van der Waals surface area contributed by atoms with Gasteiger partial charge in [0, 0.05) is 56.7 Å². The molecule has 226 valence electrons. The van der Waals surface area contributed by atoms with Gasteiger partial charge in [-0.3, -0.25) is 9.69 Å². The number of amides is 1. The molecule has 0 N–H and O–H groups in total. The minimum Gasteiger partial charge on any atom is -0.320 e. The van der Waals surface area contributed by atoms with E-state index in [0.29, 0.717) is 24.9 Å². The Labute approximate surface area is 245 Å². The molecule has 2 aliphatic heterocycles. The number of aromatic nitrogens is 3. The molecule has 3 heterocycles. The molecule has 1 unspecified atom stereocenters. The highest BCUT2D eigenvalue weighted by Gasteiger charge is 2.50. The van der Waals surface area contributed by atoms with Gasteiger partial charge in [-0.15, -0.1) is 10.2 Å². The third kappa shape index (κ3) is 5.07. The molecule has 43 heavy (non-hydrogen) atoms. The Bertz CT molecular complexity index is 1600. The van der Waals surface area contributed by atoms with E-state index in [0.717, 1.165) is 17.5 Å². The van der Waals surface area contributed by atoms with Gasteiger partial charge in [0.05, 0.1) is 23.6 Å². The summed E-state index contributed by atoms with van der Waals surface area (Å²) in [7, 11) is 1.84. The van der Waals surface area contributed by atoms with Crippen molar-refractivity contribution in [1.29, 1.82) is 5.26 Å². The molecular formula is C31H31F5N6O. The van der Waals surface area contributed by atoms with Crippen LogP contribution in [0, 0.1) is 23.2 Å². The highest BCUT2D eigenvalue weighted by atomic mass is 19.4.